The summed E-state index contributed by atoms with van der Waals surface area (Å²) in [5.74, 6) is 0. The lowest BCUT2D eigenvalue weighted by Crippen LogP contribution is -2.27. The Hall–Kier alpha value is -0.280. The molecule has 0 bridgehead atoms. The van der Waals surface area contributed by atoms with Gasteiger partial charge >= 0.3 is 0 Å². The number of hydrogen-bond acceptors (Lipinski definition) is 7. The van der Waals surface area contributed by atoms with Crippen molar-refractivity contribution in [2.45, 2.75) is 375 Å². The molecule has 0 spiro atoms. The molecule has 0 aromatic rings. The summed E-state index contributed by atoms with van der Waals surface area (Å²) in [6.07, 6.45) is 60.5. The molecule has 428 valence electrons. The Morgan fingerprint density at radius 3 is 0.577 bits per heavy atom. The van der Waals surface area contributed by atoms with E-state index in [0.717, 1.165) is 78.2 Å². The Kier molecular flexibility index (Phi) is 62.0. The van der Waals surface area contributed by atoms with Gasteiger partial charge in [0.05, 0.1) is 0 Å². The molecule has 0 aliphatic heterocycles. The van der Waals surface area contributed by atoms with E-state index in [1.807, 2.05) is 0 Å². The third kappa shape index (κ3) is 55.8. The molecular formula is C64H130O7. The molecule has 0 aromatic heterocycles. The average Bonchev–Trinajstić information content (AvgIpc) is 3.38. The van der Waals surface area contributed by atoms with Crippen LogP contribution in [0.15, 0.2) is 0 Å². The summed E-state index contributed by atoms with van der Waals surface area (Å²) in [4.78, 5) is 0. The smallest absolute Gasteiger partial charge is 0.160 e. The minimum atomic E-state index is -0.144. The summed E-state index contributed by atoms with van der Waals surface area (Å²) in [5, 5.41) is 0. The molecule has 0 fully saturated rings. The fraction of sp³-hybridized carbons (Fsp3) is 1.00. The van der Waals surface area contributed by atoms with Crippen LogP contribution in [0.3, 0.4) is 0 Å². The van der Waals surface area contributed by atoms with Gasteiger partial charge in [-0.3, -0.25) is 0 Å². The zero-order valence-electron chi connectivity index (χ0n) is 49.4. The minimum absolute atomic E-state index is 0.00536. The lowest BCUT2D eigenvalue weighted by molar-refractivity contribution is -0.249. The molecule has 0 saturated heterocycles. The van der Waals surface area contributed by atoms with Crippen LogP contribution in [0.25, 0.3) is 0 Å². The summed E-state index contributed by atoms with van der Waals surface area (Å²) in [7, 11) is 0. The van der Waals surface area contributed by atoms with E-state index in [1.54, 1.807) is 0 Å². The number of hydrogen-bond donors (Lipinski definition) is 0. The SMILES string of the molecule is CCCCCCCOC(CCCCCCCCCCCCCC(OCCC)OC(CCCCCCCCCCCCCC(OCCCCCCC)OCCCCCCC)OCCC)OCCCCCCC. The van der Waals surface area contributed by atoms with E-state index < -0.39 is 0 Å². The molecule has 7 nitrogen and oxygen atoms in total. The number of unbranched alkanes of at least 4 members (excludes halogenated alkanes) is 36. The molecule has 0 amide bonds. The lowest BCUT2D eigenvalue weighted by atomic mass is 10.0. The van der Waals surface area contributed by atoms with E-state index in [1.165, 1.54) is 270 Å². The highest BCUT2D eigenvalue weighted by molar-refractivity contribution is 4.58. The van der Waals surface area contributed by atoms with Crippen molar-refractivity contribution in [1.82, 2.24) is 0 Å². The molecule has 7 heteroatoms. The third-order valence-electron chi connectivity index (χ3n) is 14.3. The van der Waals surface area contributed by atoms with E-state index >= 15 is 0 Å². The first-order chi connectivity index (χ1) is 35.1. The molecule has 0 aromatic carbocycles. The van der Waals surface area contributed by atoms with Crippen LogP contribution in [0.1, 0.15) is 350 Å². The molecule has 0 N–H and O–H groups in total. The average molecular weight is 1010 g/mol. The quantitative estimate of drug-likeness (QED) is 0.0444. The van der Waals surface area contributed by atoms with Gasteiger partial charge in [0.2, 0.25) is 0 Å². The zero-order chi connectivity index (χ0) is 51.4. The highest BCUT2D eigenvalue weighted by atomic mass is 16.8. The Labute approximate surface area is 446 Å². The summed E-state index contributed by atoms with van der Waals surface area (Å²) in [5.41, 5.74) is 0. The van der Waals surface area contributed by atoms with Gasteiger partial charge in [-0.15, -0.1) is 0 Å². The summed E-state index contributed by atoms with van der Waals surface area (Å²) in [6.45, 7) is 18.4. The standard InChI is InChI=1S/C64H130O7/c1-7-13-17-39-47-57-67-61(68-58-48-40-18-14-8-2)51-43-35-31-27-23-21-25-29-33-37-45-53-63(65-55-11-5)71-64(66-56-12-6)54-46-38-34-30-26-22-24-28-32-36-44-52-62(69-59-49-41-19-15-9-3)70-60-50-42-20-16-10-4/h61-64H,7-60H2,1-6H3. The molecular weight excluding hydrogens is 881 g/mol. The van der Waals surface area contributed by atoms with E-state index in [2.05, 4.69) is 41.5 Å². The first-order valence-electron chi connectivity index (χ1n) is 32.5. The van der Waals surface area contributed by atoms with Crippen LogP contribution in [0, 0.1) is 0 Å². The maximum atomic E-state index is 6.54. The third-order valence-corrected chi connectivity index (χ3v) is 14.3. The maximum absolute atomic E-state index is 6.54. The van der Waals surface area contributed by atoms with Crippen molar-refractivity contribution >= 4 is 0 Å². The Morgan fingerprint density at radius 1 is 0.169 bits per heavy atom. The van der Waals surface area contributed by atoms with E-state index in [0.29, 0.717) is 0 Å². The molecule has 0 rings (SSSR count). The van der Waals surface area contributed by atoms with Crippen molar-refractivity contribution in [1.29, 1.82) is 0 Å². The van der Waals surface area contributed by atoms with E-state index in [4.69, 9.17) is 33.2 Å². The van der Waals surface area contributed by atoms with Crippen molar-refractivity contribution in [3.8, 4) is 0 Å². The van der Waals surface area contributed by atoms with Crippen molar-refractivity contribution in [2.75, 3.05) is 39.6 Å². The van der Waals surface area contributed by atoms with Crippen molar-refractivity contribution in [2.24, 2.45) is 0 Å². The zero-order valence-corrected chi connectivity index (χ0v) is 49.4. The van der Waals surface area contributed by atoms with Gasteiger partial charge in [0, 0.05) is 39.6 Å². The Morgan fingerprint density at radius 2 is 0.352 bits per heavy atom. The number of ether oxygens (including phenoxy) is 7. The highest BCUT2D eigenvalue weighted by Gasteiger charge is 2.18. The van der Waals surface area contributed by atoms with Crippen LogP contribution in [-0.4, -0.2) is 64.8 Å². The topological polar surface area (TPSA) is 64.6 Å². The van der Waals surface area contributed by atoms with Crippen LogP contribution in [0.4, 0.5) is 0 Å². The largest absolute Gasteiger partial charge is 0.353 e. The van der Waals surface area contributed by atoms with Crippen LogP contribution in [-0.2, 0) is 33.2 Å². The van der Waals surface area contributed by atoms with E-state index in [9.17, 15) is 0 Å². The van der Waals surface area contributed by atoms with Gasteiger partial charge in [-0.05, 0) is 89.9 Å². The molecule has 2 unspecified atom stereocenters. The summed E-state index contributed by atoms with van der Waals surface area (Å²) in [6, 6.07) is 0. The molecule has 71 heavy (non-hydrogen) atoms. The summed E-state index contributed by atoms with van der Waals surface area (Å²) >= 11 is 0. The maximum Gasteiger partial charge on any atom is 0.160 e. The molecule has 0 heterocycles. The molecule has 0 aliphatic carbocycles. The fourth-order valence-corrected chi connectivity index (χ4v) is 9.59. The van der Waals surface area contributed by atoms with Crippen molar-refractivity contribution in [3.05, 3.63) is 0 Å². The van der Waals surface area contributed by atoms with Crippen LogP contribution < -0.4 is 0 Å². The van der Waals surface area contributed by atoms with Gasteiger partial charge in [0.1, 0.15) is 0 Å². The summed E-state index contributed by atoms with van der Waals surface area (Å²) < 4.78 is 43.9. The van der Waals surface area contributed by atoms with Crippen LogP contribution in [0.5, 0.6) is 0 Å². The van der Waals surface area contributed by atoms with Gasteiger partial charge in [0.25, 0.3) is 0 Å². The van der Waals surface area contributed by atoms with Gasteiger partial charge < -0.3 is 33.2 Å². The molecule has 0 radical (unpaired) electrons. The Balaban J connectivity index is 4.17. The normalized spacial score (nSPS) is 12.8. The second-order valence-corrected chi connectivity index (χ2v) is 21.7. The van der Waals surface area contributed by atoms with Gasteiger partial charge in [-0.25, -0.2) is 0 Å². The first-order valence-corrected chi connectivity index (χ1v) is 32.5. The van der Waals surface area contributed by atoms with Crippen molar-refractivity contribution < 1.29 is 33.2 Å². The highest BCUT2D eigenvalue weighted by Crippen LogP contribution is 2.21. The Bertz CT molecular complexity index is 833. The van der Waals surface area contributed by atoms with E-state index in [-0.39, 0.29) is 25.2 Å². The first kappa shape index (κ1) is 70.7. The fourth-order valence-electron chi connectivity index (χ4n) is 9.59. The lowest BCUT2D eigenvalue weighted by Gasteiger charge is -2.25. The van der Waals surface area contributed by atoms with Crippen LogP contribution >= 0.6 is 0 Å². The predicted molar refractivity (Wildman–Crippen MR) is 308 cm³/mol. The van der Waals surface area contributed by atoms with Crippen molar-refractivity contribution in [3.63, 3.8) is 0 Å². The predicted octanol–water partition coefficient (Wildman–Crippen LogP) is 21.3. The minimum Gasteiger partial charge on any atom is -0.353 e. The second-order valence-electron chi connectivity index (χ2n) is 21.7. The molecule has 2 atom stereocenters. The van der Waals surface area contributed by atoms with Gasteiger partial charge in [-0.1, -0.05) is 260 Å². The van der Waals surface area contributed by atoms with Gasteiger partial charge in [0.15, 0.2) is 25.2 Å². The van der Waals surface area contributed by atoms with Gasteiger partial charge in [-0.2, -0.15) is 0 Å². The second kappa shape index (κ2) is 62.3. The molecule has 0 aliphatic rings. The number of rotatable bonds is 64. The van der Waals surface area contributed by atoms with Crippen LogP contribution in [0.2, 0.25) is 0 Å². The monoisotopic (exact) mass is 1010 g/mol. The molecule has 0 saturated carbocycles.